The number of hydrogen-bond donors (Lipinski definition) is 0. The maximum absolute atomic E-state index is 13.9. The zero-order valence-corrected chi connectivity index (χ0v) is 16.8. The van der Waals surface area contributed by atoms with E-state index in [4.69, 9.17) is 4.84 Å². The molecule has 0 atom stereocenters. The van der Waals surface area contributed by atoms with Crippen LogP contribution in [-0.4, -0.2) is 48.7 Å². The third-order valence-electron chi connectivity index (χ3n) is 5.24. The quantitative estimate of drug-likeness (QED) is 0.662. The first kappa shape index (κ1) is 21.1. The van der Waals surface area contributed by atoms with E-state index in [1.165, 1.54) is 12.1 Å². The molecule has 0 unspecified atom stereocenters. The molecule has 8 nitrogen and oxygen atoms in total. The number of nitrogens with zero attached hydrogens (tertiary/aromatic N) is 2. The lowest BCUT2D eigenvalue weighted by Gasteiger charge is -2.30. The van der Waals surface area contributed by atoms with Gasteiger partial charge in [0.15, 0.2) is 0 Å². The average molecular weight is 450 g/mol. The lowest BCUT2D eigenvalue weighted by atomic mass is 9.99. The summed E-state index contributed by atoms with van der Waals surface area (Å²) in [6.45, 7) is -0.277. The predicted octanol–water partition coefficient (Wildman–Crippen LogP) is 2.12. The second-order valence-electron chi connectivity index (χ2n) is 7.11. The highest BCUT2D eigenvalue weighted by Gasteiger charge is 2.41. The van der Waals surface area contributed by atoms with E-state index in [2.05, 4.69) is 0 Å². The fourth-order valence-electron chi connectivity index (χ4n) is 3.56. The first-order valence-corrected chi connectivity index (χ1v) is 10.8. The van der Waals surface area contributed by atoms with Crippen LogP contribution in [0.3, 0.4) is 0 Å². The Bertz CT molecular complexity index is 1160. The molecule has 0 bridgehead atoms. The number of carbonyl (C=O) groups is 3. The molecule has 0 aliphatic carbocycles. The van der Waals surface area contributed by atoms with Gasteiger partial charge in [0.25, 0.3) is 11.8 Å². The molecule has 2 aliphatic heterocycles. The number of hydroxylamine groups is 2. The second kappa shape index (κ2) is 7.82. The summed E-state index contributed by atoms with van der Waals surface area (Å²) < 4.78 is 53.5. The van der Waals surface area contributed by atoms with Crippen molar-refractivity contribution < 1.29 is 36.4 Å². The Morgan fingerprint density at radius 2 is 1.55 bits per heavy atom. The van der Waals surface area contributed by atoms with E-state index >= 15 is 0 Å². The van der Waals surface area contributed by atoms with Gasteiger partial charge >= 0.3 is 5.97 Å². The molecule has 2 heterocycles. The maximum Gasteiger partial charge on any atom is 0.336 e. The molecule has 0 N–H and O–H groups in total. The zero-order valence-electron chi connectivity index (χ0n) is 16.0. The van der Waals surface area contributed by atoms with Crippen LogP contribution in [0.25, 0.3) is 0 Å². The molecule has 162 valence electrons. The Balaban J connectivity index is 1.41. The highest BCUT2D eigenvalue weighted by molar-refractivity contribution is 7.89. The van der Waals surface area contributed by atoms with Crippen LogP contribution in [0.4, 0.5) is 8.78 Å². The SMILES string of the molecule is O=C(ON1C(=O)c2ccccc2C1=O)C1CCN(S(=O)(=O)c2cc(F)ccc2F)CC1. The molecule has 2 amide bonds. The van der Waals surface area contributed by atoms with Crippen LogP contribution in [-0.2, 0) is 19.7 Å². The molecule has 2 aliphatic rings. The second-order valence-corrected chi connectivity index (χ2v) is 9.02. The molecule has 4 rings (SSSR count). The van der Waals surface area contributed by atoms with Gasteiger partial charge in [0.1, 0.15) is 16.5 Å². The average Bonchev–Trinajstić information content (AvgIpc) is 3.00. The molecule has 1 saturated heterocycles. The highest BCUT2D eigenvalue weighted by atomic mass is 32.2. The van der Waals surface area contributed by atoms with Crippen LogP contribution in [0.5, 0.6) is 0 Å². The van der Waals surface area contributed by atoms with E-state index < -0.39 is 50.3 Å². The standard InChI is InChI=1S/C20H16F2N2O6S/c21-13-5-6-16(22)17(11-13)31(28,29)23-9-7-12(8-10-23)20(27)30-24-18(25)14-3-1-2-4-15(14)19(24)26/h1-6,11-12H,7-10H2. The molecule has 0 saturated carbocycles. The third-order valence-corrected chi connectivity index (χ3v) is 7.15. The van der Waals surface area contributed by atoms with Crippen molar-refractivity contribution in [2.75, 3.05) is 13.1 Å². The summed E-state index contributed by atoms with van der Waals surface area (Å²) in [5.74, 6) is -5.09. The number of halogens is 2. The Morgan fingerprint density at radius 3 is 2.13 bits per heavy atom. The van der Waals surface area contributed by atoms with Crippen molar-refractivity contribution in [1.29, 1.82) is 0 Å². The smallest absolute Gasteiger partial charge is 0.329 e. The normalized spacial score (nSPS) is 17.7. The summed E-state index contributed by atoms with van der Waals surface area (Å²) in [4.78, 5) is 41.3. The number of rotatable bonds is 4. The minimum Gasteiger partial charge on any atom is -0.329 e. The fourth-order valence-corrected chi connectivity index (χ4v) is 5.11. The lowest BCUT2D eigenvalue weighted by Crippen LogP contribution is -2.42. The van der Waals surface area contributed by atoms with Crippen molar-refractivity contribution in [3.63, 3.8) is 0 Å². The van der Waals surface area contributed by atoms with Crippen LogP contribution >= 0.6 is 0 Å². The molecular formula is C20H16F2N2O6S. The van der Waals surface area contributed by atoms with E-state index in [9.17, 15) is 31.6 Å². The van der Waals surface area contributed by atoms with Crippen molar-refractivity contribution in [2.24, 2.45) is 5.92 Å². The van der Waals surface area contributed by atoms with E-state index in [0.29, 0.717) is 11.1 Å². The molecular weight excluding hydrogens is 434 g/mol. The van der Waals surface area contributed by atoms with Gasteiger partial charge in [-0.05, 0) is 43.2 Å². The molecule has 31 heavy (non-hydrogen) atoms. The minimum atomic E-state index is -4.29. The number of sulfonamides is 1. The fraction of sp³-hybridized carbons (Fsp3) is 0.250. The molecule has 11 heteroatoms. The first-order chi connectivity index (χ1) is 14.7. The van der Waals surface area contributed by atoms with Crippen LogP contribution in [0, 0.1) is 17.6 Å². The van der Waals surface area contributed by atoms with Gasteiger partial charge < -0.3 is 4.84 Å². The van der Waals surface area contributed by atoms with Crippen molar-refractivity contribution >= 4 is 27.8 Å². The molecule has 0 aromatic heterocycles. The number of benzene rings is 2. The van der Waals surface area contributed by atoms with Gasteiger partial charge in [-0.25, -0.2) is 22.0 Å². The van der Waals surface area contributed by atoms with Crippen LogP contribution in [0.2, 0.25) is 0 Å². The summed E-state index contributed by atoms with van der Waals surface area (Å²) in [7, 11) is -4.29. The van der Waals surface area contributed by atoms with E-state index in [1.807, 2.05) is 0 Å². The minimum absolute atomic E-state index is 0.0260. The molecule has 0 spiro atoms. The monoisotopic (exact) mass is 450 g/mol. The van der Waals surface area contributed by atoms with Crippen molar-refractivity contribution in [2.45, 2.75) is 17.7 Å². The van der Waals surface area contributed by atoms with Crippen molar-refractivity contribution in [1.82, 2.24) is 9.37 Å². The van der Waals surface area contributed by atoms with E-state index in [-0.39, 0.29) is 37.1 Å². The zero-order chi connectivity index (χ0) is 22.3. The Kier molecular flexibility index (Phi) is 5.31. The Morgan fingerprint density at radius 1 is 0.968 bits per heavy atom. The van der Waals surface area contributed by atoms with Crippen LogP contribution < -0.4 is 0 Å². The summed E-state index contributed by atoms with van der Waals surface area (Å²) in [5.41, 5.74) is 0.247. The molecule has 2 aromatic rings. The molecule has 1 fully saturated rings. The van der Waals surface area contributed by atoms with Crippen molar-refractivity contribution in [3.05, 3.63) is 65.2 Å². The third kappa shape index (κ3) is 3.70. The Labute approximate surface area is 176 Å². The lowest BCUT2D eigenvalue weighted by molar-refractivity contribution is -0.175. The van der Waals surface area contributed by atoms with Gasteiger partial charge in [0, 0.05) is 13.1 Å². The predicted molar refractivity (Wildman–Crippen MR) is 101 cm³/mol. The van der Waals surface area contributed by atoms with Crippen LogP contribution in [0.15, 0.2) is 47.4 Å². The van der Waals surface area contributed by atoms with Gasteiger partial charge in [-0.3, -0.25) is 9.59 Å². The molecule has 2 aromatic carbocycles. The van der Waals surface area contributed by atoms with Gasteiger partial charge in [-0.1, -0.05) is 17.2 Å². The van der Waals surface area contributed by atoms with E-state index in [1.54, 1.807) is 12.1 Å². The van der Waals surface area contributed by atoms with Gasteiger partial charge in [0.2, 0.25) is 10.0 Å². The van der Waals surface area contributed by atoms with Crippen molar-refractivity contribution in [3.8, 4) is 0 Å². The van der Waals surface area contributed by atoms with E-state index in [0.717, 1.165) is 16.4 Å². The number of imide groups is 1. The summed E-state index contributed by atoms with van der Waals surface area (Å²) in [6, 6.07) is 8.19. The largest absolute Gasteiger partial charge is 0.336 e. The number of piperidine rings is 1. The molecule has 0 radical (unpaired) electrons. The Hall–Kier alpha value is -3.18. The summed E-state index contributed by atoms with van der Waals surface area (Å²) in [5, 5.41) is 0.401. The maximum atomic E-state index is 13.9. The van der Waals surface area contributed by atoms with Gasteiger partial charge in [0.05, 0.1) is 17.0 Å². The topological polar surface area (TPSA) is 101 Å². The van der Waals surface area contributed by atoms with Crippen LogP contribution in [0.1, 0.15) is 33.6 Å². The van der Waals surface area contributed by atoms with Gasteiger partial charge in [-0.2, -0.15) is 4.31 Å². The number of hydrogen-bond acceptors (Lipinski definition) is 6. The first-order valence-electron chi connectivity index (χ1n) is 9.35. The number of fused-ring (bicyclic) bond motifs is 1. The number of amides is 2. The summed E-state index contributed by atoms with van der Waals surface area (Å²) in [6.07, 6.45) is 0.0519. The van der Waals surface area contributed by atoms with Gasteiger partial charge in [-0.15, -0.1) is 0 Å². The highest BCUT2D eigenvalue weighted by Crippen LogP contribution is 2.28. The summed E-state index contributed by atoms with van der Waals surface area (Å²) >= 11 is 0. The number of carbonyl (C=O) groups excluding carboxylic acids is 3.